The summed E-state index contributed by atoms with van der Waals surface area (Å²) in [5, 5.41) is 0. The molecule has 11 heteroatoms. The molecule has 3 aromatic carbocycles. The lowest BCUT2D eigenvalue weighted by Gasteiger charge is -2.47. The molecular formula is C43H60O10Si. The van der Waals surface area contributed by atoms with E-state index in [1.165, 1.54) is 0 Å². The highest BCUT2D eigenvalue weighted by Gasteiger charge is 2.47. The molecule has 3 aliphatic rings. The molecule has 0 bridgehead atoms. The van der Waals surface area contributed by atoms with Gasteiger partial charge in [0.2, 0.25) is 0 Å². The highest BCUT2D eigenvalue weighted by Crippen LogP contribution is 2.35. The summed E-state index contributed by atoms with van der Waals surface area (Å²) in [5.41, 5.74) is 3.27. The third-order valence-electron chi connectivity index (χ3n) is 10.2. The number of ether oxygens (including phenoxy) is 9. The van der Waals surface area contributed by atoms with Crippen LogP contribution < -0.4 is 0 Å². The summed E-state index contributed by atoms with van der Waals surface area (Å²) in [6, 6.07) is 30.5. The minimum absolute atomic E-state index is 0.211. The summed E-state index contributed by atoms with van der Waals surface area (Å²) in [6.07, 6.45) is -2.82. The Morgan fingerprint density at radius 3 is 1.20 bits per heavy atom. The summed E-state index contributed by atoms with van der Waals surface area (Å²) >= 11 is 0. The van der Waals surface area contributed by atoms with E-state index in [0.717, 1.165) is 16.7 Å². The van der Waals surface area contributed by atoms with E-state index in [2.05, 4.69) is 56.0 Å². The fourth-order valence-electron chi connectivity index (χ4n) is 7.47. The Balaban J connectivity index is 1.16. The summed E-state index contributed by atoms with van der Waals surface area (Å²) in [4.78, 5) is 0. The molecule has 0 aromatic heterocycles. The Bertz CT molecular complexity index is 1510. The van der Waals surface area contributed by atoms with Crippen molar-refractivity contribution in [1.82, 2.24) is 0 Å². The Morgan fingerprint density at radius 1 is 0.500 bits per heavy atom. The van der Waals surface area contributed by atoms with Gasteiger partial charge in [-0.2, -0.15) is 0 Å². The summed E-state index contributed by atoms with van der Waals surface area (Å²) in [7, 11) is -0.257. The maximum Gasteiger partial charge on any atom is 0.184 e. The van der Waals surface area contributed by atoms with Gasteiger partial charge in [0.05, 0.1) is 62.5 Å². The lowest BCUT2D eigenvalue weighted by atomic mass is 9.99. The molecule has 0 radical (unpaired) electrons. The summed E-state index contributed by atoms with van der Waals surface area (Å²) in [5.74, 6) is 0. The number of methoxy groups -OCH3 is 1. The lowest BCUT2D eigenvalue weighted by molar-refractivity contribution is -0.339. The van der Waals surface area contributed by atoms with Crippen molar-refractivity contribution in [3.8, 4) is 0 Å². The van der Waals surface area contributed by atoms with E-state index in [1.54, 1.807) is 7.11 Å². The van der Waals surface area contributed by atoms with Gasteiger partial charge in [-0.15, -0.1) is 0 Å². The molecule has 0 saturated carbocycles. The second kappa shape index (κ2) is 19.6. The molecule has 3 aromatic rings. The van der Waals surface area contributed by atoms with Gasteiger partial charge in [-0.25, -0.2) is 0 Å². The van der Waals surface area contributed by atoms with Crippen molar-refractivity contribution in [3.63, 3.8) is 0 Å². The molecular weight excluding hydrogens is 705 g/mol. The van der Waals surface area contributed by atoms with Crippen LogP contribution in [-0.4, -0.2) is 89.2 Å². The zero-order chi connectivity index (χ0) is 38.1. The first-order valence-corrected chi connectivity index (χ1v) is 22.9. The van der Waals surface area contributed by atoms with Gasteiger partial charge in [-0.05, 0) is 57.1 Å². The quantitative estimate of drug-likeness (QED) is 0.135. The molecule has 12 atom stereocenters. The topological polar surface area (TPSA) is 92.3 Å². The van der Waals surface area contributed by atoms with Crippen LogP contribution in [0.3, 0.4) is 0 Å². The standard InChI is InChI=1S/C43H60O10Si/c1-29-41(35(23-38(44-4)48-29)45-26-32-17-11-8-12-18-32)51-39-24-36(46-27-33-19-13-9-14-20-33)42(30(2)49-39)52-40-25-37(47-28-34-21-15-10-16-22-34)43(31(3)50-40)53-54(5,6)7/h8-22,29-31,35-43H,23-28H2,1-7H3. The van der Waals surface area contributed by atoms with Crippen LogP contribution in [0.1, 0.15) is 56.7 Å². The molecule has 3 aliphatic heterocycles. The Hall–Kier alpha value is -2.52. The summed E-state index contributed by atoms with van der Waals surface area (Å²) < 4.78 is 65.0. The van der Waals surface area contributed by atoms with E-state index in [9.17, 15) is 0 Å². The van der Waals surface area contributed by atoms with E-state index in [0.29, 0.717) is 39.1 Å². The number of hydrogen-bond donors (Lipinski definition) is 0. The van der Waals surface area contributed by atoms with Crippen LogP contribution in [0.5, 0.6) is 0 Å². The van der Waals surface area contributed by atoms with Crippen molar-refractivity contribution in [2.45, 2.75) is 153 Å². The van der Waals surface area contributed by atoms with Crippen LogP contribution in [0.25, 0.3) is 0 Å². The van der Waals surface area contributed by atoms with Gasteiger partial charge in [0, 0.05) is 26.4 Å². The van der Waals surface area contributed by atoms with Crippen LogP contribution in [0.4, 0.5) is 0 Å². The predicted octanol–water partition coefficient (Wildman–Crippen LogP) is 7.78. The van der Waals surface area contributed by atoms with Gasteiger partial charge >= 0.3 is 0 Å². The minimum Gasteiger partial charge on any atom is -0.409 e. The molecule has 0 N–H and O–H groups in total. The highest BCUT2D eigenvalue weighted by atomic mass is 28.4. The second-order valence-corrected chi connectivity index (χ2v) is 20.1. The largest absolute Gasteiger partial charge is 0.409 e. The Kier molecular flexibility index (Phi) is 14.9. The van der Waals surface area contributed by atoms with E-state index >= 15 is 0 Å². The first kappa shape index (κ1) is 41.1. The lowest BCUT2D eigenvalue weighted by Crippen LogP contribution is -2.58. The number of rotatable bonds is 16. The second-order valence-electron chi connectivity index (χ2n) is 15.7. The van der Waals surface area contributed by atoms with Gasteiger partial charge in [-0.1, -0.05) is 91.0 Å². The highest BCUT2D eigenvalue weighted by molar-refractivity contribution is 6.69. The summed E-state index contributed by atoms with van der Waals surface area (Å²) in [6.45, 7) is 14.0. The SMILES string of the molecule is COC1CC(OCc2ccccc2)C(OC2CC(OCc3ccccc3)C(OC3CC(OCc4ccccc4)C(O[Si](C)(C)C)C(C)O3)C(C)O2)C(C)O1. The van der Waals surface area contributed by atoms with Crippen molar-refractivity contribution in [2.75, 3.05) is 7.11 Å². The molecule has 10 nitrogen and oxygen atoms in total. The van der Waals surface area contributed by atoms with Gasteiger partial charge in [0.25, 0.3) is 0 Å². The number of benzene rings is 3. The first-order valence-electron chi connectivity index (χ1n) is 19.5. The van der Waals surface area contributed by atoms with Crippen molar-refractivity contribution >= 4 is 8.32 Å². The maximum atomic E-state index is 6.86. The van der Waals surface area contributed by atoms with E-state index in [-0.39, 0.29) is 49.0 Å². The van der Waals surface area contributed by atoms with Gasteiger partial charge in [0.1, 0.15) is 12.2 Å². The molecule has 0 aliphatic carbocycles. The van der Waals surface area contributed by atoms with Crippen LogP contribution in [0.15, 0.2) is 91.0 Å². The van der Waals surface area contributed by atoms with Crippen LogP contribution in [0, 0.1) is 0 Å². The Labute approximate surface area is 322 Å². The van der Waals surface area contributed by atoms with Crippen LogP contribution >= 0.6 is 0 Å². The van der Waals surface area contributed by atoms with Gasteiger partial charge in [0.15, 0.2) is 27.2 Å². The average Bonchev–Trinajstić information content (AvgIpc) is 3.16. The zero-order valence-electron chi connectivity index (χ0n) is 32.9. The molecule has 0 amide bonds. The third kappa shape index (κ3) is 11.7. The molecule has 12 unspecified atom stereocenters. The molecule has 54 heavy (non-hydrogen) atoms. The van der Waals surface area contributed by atoms with Gasteiger partial charge < -0.3 is 47.1 Å². The molecule has 296 valence electrons. The van der Waals surface area contributed by atoms with E-state index in [4.69, 9.17) is 47.1 Å². The molecule has 0 spiro atoms. The van der Waals surface area contributed by atoms with Crippen LogP contribution in [0.2, 0.25) is 19.6 Å². The molecule has 6 rings (SSSR count). The first-order chi connectivity index (χ1) is 26.0. The van der Waals surface area contributed by atoms with Crippen LogP contribution in [-0.2, 0) is 66.9 Å². The zero-order valence-corrected chi connectivity index (χ0v) is 33.9. The Morgan fingerprint density at radius 2 is 0.833 bits per heavy atom. The predicted molar refractivity (Wildman–Crippen MR) is 207 cm³/mol. The normalized spacial score (nSPS) is 33.4. The third-order valence-corrected chi connectivity index (χ3v) is 11.1. The maximum absolute atomic E-state index is 6.86. The molecule has 3 saturated heterocycles. The molecule has 3 heterocycles. The fourth-order valence-corrected chi connectivity index (χ4v) is 8.63. The molecule has 3 fully saturated rings. The average molecular weight is 765 g/mol. The van der Waals surface area contributed by atoms with E-state index in [1.807, 2.05) is 75.4 Å². The number of hydrogen-bond acceptors (Lipinski definition) is 10. The monoisotopic (exact) mass is 764 g/mol. The fraction of sp³-hybridized carbons (Fsp3) is 0.581. The van der Waals surface area contributed by atoms with Crippen molar-refractivity contribution in [2.24, 2.45) is 0 Å². The minimum atomic E-state index is -1.91. The van der Waals surface area contributed by atoms with E-state index < -0.39 is 33.1 Å². The van der Waals surface area contributed by atoms with Crippen molar-refractivity contribution in [1.29, 1.82) is 0 Å². The van der Waals surface area contributed by atoms with Gasteiger partial charge in [-0.3, -0.25) is 0 Å². The van der Waals surface area contributed by atoms with Crippen molar-refractivity contribution < 1.29 is 47.1 Å². The van der Waals surface area contributed by atoms with Crippen molar-refractivity contribution in [3.05, 3.63) is 108 Å². The smallest absolute Gasteiger partial charge is 0.184 e.